The smallest absolute Gasteiger partial charge is 0.0541 e. The van der Waals surface area contributed by atoms with E-state index in [1.54, 1.807) is 0 Å². The van der Waals surface area contributed by atoms with E-state index in [9.17, 15) is 0 Å². The van der Waals surface area contributed by atoms with E-state index >= 15 is 0 Å². The first-order valence-electron chi connectivity index (χ1n) is 22.3. The van der Waals surface area contributed by atoms with E-state index < -0.39 is 0 Å². The largest absolute Gasteiger partial charge is 0.310 e. The molecule has 0 radical (unpaired) electrons. The highest BCUT2D eigenvalue weighted by atomic mass is 15.1. The molecule has 1 aliphatic carbocycles. The summed E-state index contributed by atoms with van der Waals surface area (Å²) in [5, 5.41) is 7.50. The van der Waals surface area contributed by atoms with Gasteiger partial charge in [0.25, 0.3) is 0 Å². The fourth-order valence-corrected chi connectivity index (χ4v) is 10.8. The Kier molecular flexibility index (Phi) is 7.95. The molecule has 0 atom stereocenters. The zero-order chi connectivity index (χ0) is 42.5. The highest BCUT2D eigenvalue weighted by molar-refractivity contribution is 6.11. The number of aromatic nitrogens is 2. The van der Waals surface area contributed by atoms with Gasteiger partial charge in [0.2, 0.25) is 0 Å². The molecule has 0 saturated heterocycles. The summed E-state index contributed by atoms with van der Waals surface area (Å²) in [6.45, 7) is 4.78. The van der Waals surface area contributed by atoms with E-state index in [1.807, 2.05) is 0 Å². The number of hydrogen-bond donors (Lipinski definition) is 0. The molecule has 0 fully saturated rings. The minimum atomic E-state index is -0.230. The van der Waals surface area contributed by atoms with E-state index in [0.717, 1.165) is 17.1 Å². The second-order valence-corrected chi connectivity index (χ2v) is 17.8. The fraction of sp³-hybridized carbons (Fsp3) is 0.0492. The third-order valence-corrected chi connectivity index (χ3v) is 13.9. The molecule has 0 saturated carbocycles. The molecule has 64 heavy (non-hydrogen) atoms. The summed E-state index contributed by atoms with van der Waals surface area (Å²) in [7, 11) is 0. The van der Waals surface area contributed by atoms with Crippen molar-refractivity contribution in [3.63, 3.8) is 0 Å². The van der Waals surface area contributed by atoms with Gasteiger partial charge >= 0.3 is 0 Å². The molecule has 2 aromatic heterocycles. The summed E-state index contributed by atoms with van der Waals surface area (Å²) in [6.07, 6.45) is 0. The van der Waals surface area contributed by atoms with Crippen molar-refractivity contribution >= 4 is 71.4 Å². The van der Waals surface area contributed by atoms with Crippen molar-refractivity contribution in [3.8, 4) is 33.6 Å². The second kappa shape index (κ2) is 13.9. The average molecular weight is 818 g/mol. The van der Waals surface area contributed by atoms with Gasteiger partial charge in [0.05, 0.1) is 27.8 Å². The lowest BCUT2D eigenvalue weighted by Gasteiger charge is -2.29. The molecule has 2 heterocycles. The minimum Gasteiger partial charge on any atom is -0.310 e. The van der Waals surface area contributed by atoms with Crippen LogP contribution in [0.5, 0.6) is 0 Å². The van der Waals surface area contributed by atoms with Gasteiger partial charge < -0.3 is 14.0 Å². The van der Waals surface area contributed by atoms with Crippen LogP contribution in [0.4, 0.5) is 17.1 Å². The third kappa shape index (κ3) is 5.41. The summed E-state index contributed by atoms with van der Waals surface area (Å²) >= 11 is 0. The topological polar surface area (TPSA) is 13.1 Å². The van der Waals surface area contributed by atoms with Gasteiger partial charge in [0.15, 0.2) is 0 Å². The molecular weight excluding hydrogens is 775 g/mol. The van der Waals surface area contributed by atoms with E-state index in [1.165, 1.54) is 99.1 Å². The van der Waals surface area contributed by atoms with Crippen LogP contribution in [0.2, 0.25) is 0 Å². The van der Waals surface area contributed by atoms with Crippen molar-refractivity contribution in [2.24, 2.45) is 0 Å². The molecule has 13 rings (SSSR count). The lowest BCUT2D eigenvalue weighted by molar-refractivity contribution is 0.660. The summed E-state index contributed by atoms with van der Waals surface area (Å²) < 4.78 is 4.81. The Morgan fingerprint density at radius 2 is 0.859 bits per heavy atom. The quantitative estimate of drug-likeness (QED) is 0.163. The summed E-state index contributed by atoms with van der Waals surface area (Å²) in [6, 6.07) is 82.6. The molecule has 0 unspecified atom stereocenters. The third-order valence-electron chi connectivity index (χ3n) is 13.9. The van der Waals surface area contributed by atoms with E-state index in [-0.39, 0.29) is 5.41 Å². The SMILES string of the molecule is CC1(C)c2cc(N(c3ccc(-c4ccc5c(c4)c4ccccc4n5-c4ccccc4)cc3)c3cccc4ccccc34)ccc2-c2ccc(-n3c4ccccc4c4ccccc43)cc21. The van der Waals surface area contributed by atoms with Gasteiger partial charge in [-0.3, -0.25) is 0 Å². The van der Waals surface area contributed by atoms with Gasteiger partial charge in [-0.1, -0.05) is 153 Å². The number of fused-ring (bicyclic) bond motifs is 10. The summed E-state index contributed by atoms with van der Waals surface area (Å²) in [5.41, 5.74) is 18.1. The van der Waals surface area contributed by atoms with Crippen LogP contribution < -0.4 is 4.90 Å². The van der Waals surface area contributed by atoms with Crippen LogP contribution in [0, 0.1) is 0 Å². The van der Waals surface area contributed by atoms with Crippen molar-refractivity contribution in [1.82, 2.24) is 9.13 Å². The summed E-state index contributed by atoms with van der Waals surface area (Å²) in [5.74, 6) is 0. The molecule has 302 valence electrons. The molecule has 10 aromatic carbocycles. The van der Waals surface area contributed by atoms with E-state index in [2.05, 4.69) is 252 Å². The van der Waals surface area contributed by atoms with Crippen LogP contribution in [0.3, 0.4) is 0 Å². The van der Waals surface area contributed by atoms with Crippen LogP contribution >= 0.6 is 0 Å². The van der Waals surface area contributed by atoms with Crippen molar-refractivity contribution in [2.75, 3.05) is 4.90 Å². The Bertz CT molecular complexity index is 3750. The molecule has 0 amide bonds. The minimum absolute atomic E-state index is 0.230. The monoisotopic (exact) mass is 817 g/mol. The number of benzene rings is 10. The standard InChI is InChI=1S/C61H43N3/c1-61(2)54-38-45(32-34-48(54)49-35-33-46(39-55(49)61)64-57-23-11-8-20-50(57)51-21-9-12-24-58(51)64)62(56-26-14-16-41-15-6-7-19-47(41)56)44-30-27-40(28-31-44)42-29-36-60-53(37-42)52-22-10-13-25-59(52)63(60)43-17-4-3-5-18-43/h3-39H,1-2H3. The highest BCUT2D eigenvalue weighted by Gasteiger charge is 2.37. The molecule has 0 spiro atoms. The lowest BCUT2D eigenvalue weighted by atomic mass is 9.82. The molecule has 12 aromatic rings. The maximum absolute atomic E-state index is 2.45. The molecular formula is C61H43N3. The van der Waals surface area contributed by atoms with Gasteiger partial charge in [-0.15, -0.1) is 0 Å². The number of nitrogens with zero attached hydrogens (tertiary/aromatic N) is 3. The molecule has 3 nitrogen and oxygen atoms in total. The van der Waals surface area contributed by atoms with Crippen LogP contribution in [0.1, 0.15) is 25.0 Å². The average Bonchev–Trinajstić information content (AvgIpc) is 3.94. The molecule has 0 bridgehead atoms. The van der Waals surface area contributed by atoms with Crippen molar-refractivity contribution in [1.29, 1.82) is 0 Å². The maximum atomic E-state index is 2.45. The zero-order valence-electron chi connectivity index (χ0n) is 35.7. The summed E-state index contributed by atoms with van der Waals surface area (Å²) in [4.78, 5) is 2.45. The van der Waals surface area contributed by atoms with Gasteiger partial charge in [0.1, 0.15) is 0 Å². The number of hydrogen-bond acceptors (Lipinski definition) is 1. The molecule has 0 N–H and O–H groups in total. The lowest BCUT2D eigenvalue weighted by Crippen LogP contribution is -2.17. The fourth-order valence-electron chi connectivity index (χ4n) is 10.8. The first-order chi connectivity index (χ1) is 31.5. The normalized spacial score (nSPS) is 13.0. The molecule has 3 heteroatoms. The predicted octanol–water partition coefficient (Wildman–Crippen LogP) is 16.5. The number of para-hydroxylation sites is 4. The van der Waals surface area contributed by atoms with Crippen LogP contribution in [0.25, 0.3) is 88.0 Å². The van der Waals surface area contributed by atoms with Crippen molar-refractivity contribution < 1.29 is 0 Å². The van der Waals surface area contributed by atoms with Gasteiger partial charge in [-0.2, -0.15) is 0 Å². The van der Waals surface area contributed by atoms with E-state index in [4.69, 9.17) is 0 Å². The first-order valence-corrected chi connectivity index (χ1v) is 22.3. The Balaban J connectivity index is 0.920. The molecule has 0 aliphatic heterocycles. The Morgan fingerprint density at radius 3 is 1.56 bits per heavy atom. The van der Waals surface area contributed by atoms with Gasteiger partial charge in [-0.05, 0) is 124 Å². The van der Waals surface area contributed by atoms with Crippen LogP contribution in [0.15, 0.2) is 224 Å². The Morgan fingerprint density at radius 1 is 0.344 bits per heavy atom. The van der Waals surface area contributed by atoms with E-state index in [0.29, 0.717) is 0 Å². The van der Waals surface area contributed by atoms with Gasteiger partial charge in [-0.25, -0.2) is 0 Å². The Hall–Kier alpha value is -8.14. The predicted molar refractivity (Wildman–Crippen MR) is 270 cm³/mol. The number of rotatable bonds is 6. The first kappa shape index (κ1) is 36.5. The van der Waals surface area contributed by atoms with Crippen molar-refractivity contribution in [3.05, 3.63) is 236 Å². The highest BCUT2D eigenvalue weighted by Crippen LogP contribution is 2.52. The number of anilines is 3. The molecule has 1 aliphatic rings. The van der Waals surface area contributed by atoms with Crippen LogP contribution in [-0.4, -0.2) is 9.13 Å². The second-order valence-electron chi connectivity index (χ2n) is 17.8. The zero-order valence-corrected chi connectivity index (χ0v) is 35.7. The van der Waals surface area contributed by atoms with Crippen molar-refractivity contribution in [2.45, 2.75) is 19.3 Å². The van der Waals surface area contributed by atoms with Crippen LogP contribution in [-0.2, 0) is 5.41 Å². The maximum Gasteiger partial charge on any atom is 0.0541 e. The Labute approximate surface area is 372 Å². The van der Waals surface area contributed by atoms with Gasteiger partial charge in [0, 0.05) is 55.1 Å².